The highest BCUT2D eigenvalue weighted by Gasteiger charge is 2.24. The molecule has 2 N–H and O–H groups in total. The van der Waals surface area contributed by atoms with Crippen molar-refractivity contribution < 1.29 is 4.90 Å². The molecule has 0 radical (unpaired) electrons. The summed E-state index contributed by atoms with van der Waals surface area (Å²) < 4.78 is 0. The number of hydrogen-bond donors (Lipinski definition) is 2. The Balaban J connectivity index is 1.99. The number of thiocarbonyl (C=S) groups is 1. The van der Waals surface area contributed by atoms with Crippen LogP contribution >= 0.6 is 12.2 Å². The van der Waals surface area contributed by atoms with Gasteiger partial charge in [-0.15, -0.1) is 0 Å². The van der Waals surface area contributed by atoms with E-state index < -0.39 is 0 Å². The summed E-state index contributed by atoms with van der Waals surface area (Å²) in [7, 11) is 6.43. The van der Waals surface area contributed by atoms with Gasteiger partial charge in [0.15, 0.2) is 5.11 Å². The van der Waals surface area contributed by atoms with Crippen LogP contribution in [-0.2, 0) is 6.42 Å². The van der Waals surface area contributed by atoms with Crippen molar-refractivity contribution in [2.24, 2.45) is 0 Å². The van der Waals surface area contributed by atoms with Gasteiger partial charge in [-0.2, -0.15) is 0 Å². The Morgan fingerprint density at radius 2 is 2.15 bits per heavy atom. The zero-order chi connectivity index (χ0) is 14.5. The quantitative estimate of drug-likeness (QED) is 0.808. The molecule has 0 spiro atoms. The first-order chi connectivity index (χ1) is 9.59. The number of benzene rings is 1. The Labute approximate surface area is 128 Å². The normalized spacial score (nSPS) is 17.7. The molecule has 0 saturated carbocycles. The summed E-state index contributed by atoms with van der Waals surface area (Å²) in [5.74, 6) is 0. The second-order valence-electron chi connectivity index (χ2n) is 5.91. The average molecular weight is 292 g/mol. The zero-order valence-electron chi connectivity index (χ0n) is 12.8. The lowest BCUT2D eigenvalue weighted by atomic mass is 9.87. The molecule has 0 aromatic heterocycles. The van der Waals surface area contributed by atoms with E-state index in [0.717, 1.165) is 18.2 Å². The molecule has 0 heterocycles. The van der Waals surface area contributed by atoms with Crippen molar-refractivity contribution in [1.82, 2.24) is 10.2 Å². The number of fused-ring (bicyclic) bond motifs is 1. The maximum Gasteiger partial charge on any atom is 0.169 e. The molecule has 3 nitrogen and oxygen atoms in total. The molecule has 1 aromatic rings. The van der Waals surface area contributed by atoms with Crippen molar-refractivity contribution in [2.75, 3.05) is 34.2 Å². The summed E-state index contributed by atoms with van der Waals surface area (Å²) in [5, 5.41) is 4.25. The van der Waals surface area contributed by atoms with Crippen LogP contribution in [-0.4, -0.2) is 44.2 Å². The minimum atomic E-state index is 0.423. The highest BCUT2D eigenvalue weighted by atomic mass is 32.1. The number of nitrogens with zero attached hydrogens (tertiary/aromatic N) is 1. The van der Waals surface area contributed by atoms with Gasteiger partial charge in [0.05, 0.1) is 33.2 Å². The molecule has 0 bridgehead atoms. The van der Waals surface area contributed by atoms with Crippen LogP contribution in [0, 0.1) is 0 Å². The van der Waals surface area contributed by atoms with E-state index in [2.05, 4.69) is 55.6 Å². The summed E-state index contributed by atoms with van der Waals surface area (Å²) in [5.41, 5.74) is 2.93. The summed E-state index contributed by atoms with van der Waals surface area (Å²) >= 11 is 5.54. The monoisotopic (exact) mass is 292 g/mol. The molecule has 110 valence electrons. The lowest BCUT2D eigenvalue weighted by molar-refractivity contribution is -0.856. The largest absolute Gasteiger partial charge is 0.357 e. The smallest absolute Gasteiger partial charge is 0.169 e. The van der Waals surface area contributed by atoms with E-state index in [-0.39, 0.29) is 0 Å². The lowest BCUT2D eigenvalue weighted by Gasteiger charge is -2.35. The van der Waals surface area contributed by atoms with E-state index in [4.69, 9.17) is 12.2 Å². The summed E-state index contributed by atoms with van der Waals surface area (Å²) in [4.78, 5) is 3.67. The molecule has 0 saturated heterocycles. The van der Waals surface area contributed by atoms with Crippen LogP contribution in [0.4, 0.5) is 0 Å². The van der Waals surface area contributed by atoms with Gasteiger partial charge in [-0.3, -0.25) is 0 Å². The van der Waals surface area contributed by atoms with Crippen LogP contribution in [0.25, 0.3) is 0 Å². The van der Waals surface area contributed by atoms with Crippen LogP contribution in [0.5, 0.6) is 0 Å². The predicted molar refractivity (Wildman–Crippen MR) is 88.2 cm³/mol. The minimum absolute atomic E-state index is 0.423. The van der Waals surface area contributed by atoms with Gasteiger partial charge < -0.3 is 15.1 Å². The lowest BCUT2D eigenvalue weighted by Crippen LogP contribution is -3.06. The molecule has 0 fully saturated rings. The molecular formula is C16H26N3S+. The van der Waals surface area contributed by atoms with Crippen molar-refractivity contribution in [2.45, 2.75) is 25.3 Å². The second-order valence-corrected chi connectivity index (χ2v) is 6.29. The van der Waals surface area contributed by atoms with Crippen molar-refractivity contribution in [3.8, 4) is 0 Å². The third-order valence-corrected chi connectivity index (χ3v) is 4.46. The molecule has 1 aromatic carbocycles. The van der Waals surface area contributed by atoms with Crippen molar-refractivity contribution >= 4 is 17.3 Å². The number of rotatable bonds is 4. The topological polar surface area (TPSA) is 19.7 Å². The van der Waals surface area contributed by atoms with Crippen molar-refractivity contribution in [3.05, 3.63) is 35.4 Å². The van der Waals surface area contributed by atoms with Crippen molar-refractivity contribution in [3.63, 3.8) is 0 Å². The molecule has 1 aliphatic carbocycles. The number of likely N-dealkylation sites (N-methyl/N-ethyl adjacent to an activating group) is 1. The number of quaternary nitrogens is 1. The molecule has 1 atom stereocenters. The average Bonchev–Trinajstić information content (AvgIpc) is 2.45. The highest BCUT2D eigenvalue weighted by Crippen LogP contribution is 2.33. The van der Waals surface area contributed by atoms with Gasteiger partial charge in [0.1, 0.15) is 0 Å². The molecule has 2 rings (SSSR count). The first-order valence-electron chi connectivity index (χ1n) is 7.47. The maximum atomic E-state index is 5.54. The fourth-order valence-corrected chi connectivity index (χ4v) is 3.05. The molecule has 0 unspecified atom stereocenters. The second kappa shape index (κ2) is 7.04. The van der Waals surface area contributed by atoms with Gasteiger partial charge in [0.2, 0.25) is 0 Å². The Hall–Kier alpha value is -1.13. The summed E-state index contributed by atoms with van der Waals surface area (Å²) in [6, 6.07) is 9.20. The van der Waals surface area contributed by atoms with Gasteiger partial charge in [0.25, 0.3) is 0 Å². The number of hydrogen-bond acceptors (Lipinski definition) is 1. The fraction of sp³-hybridized carbons (Fsp3) is 0.562. The zero-order valence-corrected chi connectivity index (χ0v) is 13.6. The van der Waals surface area contributed by atoms with E-state index in [1.54, 1.807) is 0 Å². The predicted octanol–water partition coefficient (Wildman–Crippen LogP) is 1.01. The standard InChI is InChI=1S/C16H25N3S/c1-18(2)12-11-17-16(20)19(3)15-10-6-8-13-7-4-5-9-14(13)15/h4-5,7,9,15H,6,8,10-12H2,1-3H3,(H,17,20)/p+1/t15-/m1/s1. The van der Waals surface area contributed by atoms with Crippen LogP contribution in [0.2, 0.25) is 0 Å². The van der Waals surface area contributed by atoms with Gasteiger partial charge in [-0.25, -0.2) is 0 Å². The van der Waals surface area contributed by atoms with Crippen LogP contribution in [0.3, 0.4) is 0 Å². The Morgan fingerprint density at radius 1 is 1.40 bits per heavy atom. The van der Waals surface area contributed by atoms with E-state index in [9.17, 15) is 0 Å². The summed E-state index contributed by atoms with van der Waals surface area (Å²) in [6.07, 6.45) is 3.63. The molecule has 0 amide bonds. The molecule has 0 aliphatic heterocycles. The SMILES string of the molecule is CN(C(=S)NCC[NH+](C)C)[C@@H]1CCCc2ccccc21. The Morgan fingerprint density at radius 3 is 2.90 bits per heavy atom. The highest BCUT2D eigenvalue weighted by molar-refractivity contribution is 7.80. The van der Waals surface area contributed by atoms with E-state index in [1.165, 1.54) is 35.3 Å². The van der Waals surface area contributed by atoms with Crippen molar-refractivity contribution in [1.29, 1.82) is 0 Å². The van der Waals surface area contributed by atoms with Gasteiger partial charge in [-0.05, 0) is 42.6 Å². The fourth-order valence-electron chi connectivity index (χ4n) is 2.82. The van der Waals surface area contributed by atoms with Crippen LogP contribution in [0.15, 0.2) is 24.3 Å². The Kier molecular flexibility index (Phi) is 5.38. The van der Waals surface area contributed by atoms with Gasteiger partial charge in [-0.1, -0.05) is 24.3 Å². The molecule has 1 aliphatic rings. The van der Waals surface area contributed by atoms with E-state index >= 15 is 0 Å². The minimum Gasteiger partial charge on any atom is -0.357 e. The first kappa shape index (κ1) is 15.3. The third kappa shape index (κ3) is 3.70. The summed E-state index contributed by atoms with van der Waals surface area (Å²) in [6.45, 7) is 2.01. The van der Waals surface area contributed by atoms with E-state index in [0.29, 0.717) is 6.04 Å². The molecule has 4 heteroatoms. The molecule has 20 heavy (non-hydrogen) atoms. The first-order valence-corrected chi connectivity index (χ1v) is 7.88. The van der Waals surface area contributed by atoms with Crippen LogP contribution in [0.1, 0.15) is 30.0 Å². The number of nitrogens with one attached hydrogen (secondary N) is 2. The molecular weight excluding hydrogens is 266 g/mol. The number of aryl methyl sites for hydroxylation is 1. The third-order valence-electron chi connectivity index (χ3n) is 4.03. The Bertz CT molecular complexity index is 459. The van der Waals surface area contributed by atoms with Gasteiger partial charge >= 0.3 is 0 Å². The maximum absolute atomic E-state index is 5.54. The van der Waals surface area contributed by atoms with E-state index in [1.807, 2.05) is 0 Å². The van der Waals surface area contributed by atoms with Gasteiger partial charge in [0, 0.05) is 7.05 Å². The van der Waals surface area contributed by atoms with Crippen LogP contribution < -0.4 is 10.2 Å².